The molecule has 1 aliphatic rings. The largest absolute Gasteiger partial charge is 0.314 e. The second kappa shape index (κ2) is 7.56. The van der Waals surface area contributed by atoms with E-state index in [2.05, 4.69) is 52.4 Å². The predicted molar refractivity (Wildman–Crippen MR) is 84.3 cm³/mol. The summed E-state index contributed by atoms with van der Waals surface area (Å²) in [7, 11) is 0. The summed E-state index contributed by atoms with van der Waals surface area (Å²) in [6, 6.07) is 9.43. The number of nitrogens with one attached hydrogen (secondary N) is 1. The molecule has 0 aromatic heterocycles. The number of halogens is 1. The maximum atomic E-state index is 3.64. The molecule has 0 saturated heterocycles. The summed E-state index contributed by atoms with van der Waals surface area (Å²) < 4.78 is 1.16. The third-order valence-corrected chi connectivity index (χ3v) is 5.27. The van der Waals surface area contributed by atoms with Gasteiger partial charge in [0.05, 0.1) is 0 Å². The molecule has 18 heavy (non-hydrogen) atoms. The molecule has 0 aliphatic heterocycles. The van der Waals surface area contributed by atoms with Crippen LogP contribution in [0.25, 0.3) is 0 Å². The second-order valence-corrected chi connectivity index (χ2v) is 7.03. The number of hydrogen-bond acceptors (Lipinski definition) is 2. The zero-order chi connectivity index (χ0) is 12.8. The lowest BCUT2D eigenvalue weighted by atomic mass is 10.0. The Morgan fingerprint density at radius 2 is 2.06 bits per heavy atom. The van der Waals surface area contributed by atoms with Gasteiger partial charge in [-0.25, -0.2) is 0 Å². The monoisotopic (exact) mass is 327 g/mol. The van der Waals surface area contributed by atoms with Crippen LogP contribution in [0.3, 0.4) is 0 Å². The molecule has 100 valence electrons. The lowest BCUT2D eigenvalue weighted by Crippen LogP contribution is -2.32. The molecule has 0 heterocycles. The number of rotatable bonds is 6. The van der Waals surface area contributed by atoms with Crippen LogP contribution in [0.2, 0.25) is 0 Å². The van der Waals surface area contributed by atoms with Gasteiger partial charge in [0.25, 0.3) is 0 Å². The Morgan fingerprint density at radius 3 is 2.78 bits per heavy atom. The number of hydrogen-bond donors (Lipinski definition) is 1. The van der Waals surface area contributed by atoms with Crippen molar-refractivity contribution < 1.29 is 0 Å². The van der Waals surface area contributed by atoms with Crippen molar-refractivity contribution in [1.82, 2.24) is 5.32 Å². The fourth-order valence-corrected chi connectivity index (χ4v) is 4.02. The Kier molecular flexibility index (Phi) is 6.06. The molecule has 1 fully saturated rings. The van der Waals surface area contributed by atoms with Crippen molar-refractivity contribution in [3.8, 4) is 0 Å². The first-order valence-corrected chi connectivity index (χ1v) is 8.69. The van der Waals surface area contributed by atoms with Gasteiger partial charge in [-0.3, -0.25) is 0 Å². The summed E-state index contributed by atoms with van der Waals surface area (Å²) >= 11 is 5.46. The average molecular weight is 328 g/mol. The molecule has 1 aromatic carbocycles. The van der Waals surface area contributed by atoms with E-state index in [1.54, 1.807) is 0 Å². The Labute approximate surface area is 123 Å². The lowest BCUT2D eigenvalue weighted by Gasteiger charge is -2.20. The number of benzene rings is 1. The van der Waals surface area contributed by atoms with Gasteiger partial charge < -0.3 is 5.32 Å². The predicted octanol–water partition coefficient (Wildman–Crippen LogP) is 4.71. The quantitative estimate of drug-likeness (QED) is 0.759. The minimum absolute atomic E-state index is 0.778. The van der Waals surface area contributed by atoms with Crippen LogP contribution in [-0.2, 0) is 0 Å². The van der Waals surface area contributed by atoms with E-state index in [1.165, 1.54) is 36.3 Å². The summed E-state index contributed by atoms with van der Waals surface area (Å²) in [6.07, 6.45) is 5.55. The molecule has 0 amide bonds. The highest BCUT2D eigenvalue weighted by Crippen LogP contribution is 2.31. The molecular formula is C15H22BrNS. The molecule has 1 saturated carbocycles. The minimum atomic E-state index is 0.778. The van der Waals surface area contributed by atoms with E-state index in [-0.39, 0.29) is 0 Å². The van der Waals surface area contributed by atoms with E-state index in [0.717, 1.165) is 23.0 Å². The van der Waals surface area contributed by atoms with Crippen molar-refractivity contribution in [2.75, 3.05) is 12.3 Å². The van der Waals surface area contributed by atoms with E-state index >= 15 is 0 Å². The fraction of sp³-hybridized carbons (Fsp3) is 0.600. The van der Waals surface area contributed by atoms with Crippen molar-refractivity contribution in [1.29, 1.82) is 0 Å². The Morgan fingerprint density at radius 1 is 1.28 bits per heavy atom. The van der Waals surface area contributed by atoms with Gasteiger partial charge in [0.1, 0.15) is 0 Å². The summed E-state index contributed by atoms with van der Waals surface area (Å²) in [5, 5.41) is 3.64. The van der Waals surface area contributed by atoms with Crippen LogP contribution in [0.15, 0.2) is 33.6 Å². The van der Waals surface area contributed by atoms with Crippen LogP contribution in [0.5, 0.6) is 0 Å². The molecule has 1 aliphatic carbocycles. The van der Waals surface area contributed by atoms with Crippen molar-refractivity contribution in [2.24, 2.45) is 5.92 Å². The van der Waals surface area contributed by atoms with Gasteiger partial charge in [0.2, 0.25) is 0 Å². The van der Waals surface area contributed by atoms with Crippen LogP contribution in [0.4, 0.5) is 0 Å². The molecule has 1 aromatic rings. The van der Waals surface area contributed by atoms with Crippen molar-refractivity contribution >= 4 is 27.7 Å². The molecule has 0 bridgehead atoms. The Hall–Kier alpha value is 0.01000. The standard InChI is InChI=1S/C15H22BrNS/c1-2-17-15-5-3-4-12(15)10-11-18-14-8-6-13(16)7-9-14/h6-9,12,15,17H,2-5,10-11H2,1H3. The van der Waals surface area contributed by atoms with Gasteiger partial charge in [-0.2, -0.15) is 0 Å². The highest BCUT2D eigenvalue weighted by molar-refractivity contribution is 9.10. The first-order valence-electron chi connectivity index (χ1n) is 6.91. The second-order valence-electron chi connectivity index (χ2n) is 4.95. The molecule has 3 heteroatoms. The van der Waals surface area contributed by atoms with Crippen LogP contribution in [-0.4, -0.2) is 18.3 Å². The first kappa shape index (κ1) is 14.4. The van der Waals surface area contributed by atoms with Crippen LogP contribution < -0.4 is 5.32 Å². The average Bonchev–Trinajstić information content (AvgIpc) is 2.80. The highest BCUT2D eigenvalue weighted by Gasteiger charge is 2.25. The highest BCUT2D eigenvalue weighted by atomic mass is 79.9. The Bertz CT molecular complexity index is 352. The SMILES string of the molecule is CCNC1CCCC1CCSc1ccc(Br)cc1. The van der Waals surface area contributed by atoms with Crippen LogP contribution >= 0.6 is 27.7 Å². The summed E-state index contributed by atoms with van der Waals surface area (Å²) in [4.78, 5) is 1.39. The zero-order valence-corrected chi connectivity index (χ0v) is 13.4. The smallest absolute Gasteiger partial charge is 0.0176 e. The maximum Gasteiger partial charge on any atom is 0.0176 e. The molecule has 0 radical (unpaired) electrons. The lowest BCUT2D eigenvalue weighted by molar-refractivity contribution is 0.400. The molecule has 1 N–H and O–H groups in total. The van der Waals surface area contributed by atoms with Gasteiger partial charge in [-0.15, -0.1) is 11.8 Å². The maximum absolute atomic E-state index is 3.64. The summed E-state index contributed by atoms with van der Waals surface area (Å²) in [6.45, 7) is 3.33. The molecule has 0 spiro atoms. The molecular weight excluding hydrogens is 306 g/mol. The summed E-state index contributed by atoms with van der Waals surface area (Å²) in [5.74, 6) is 2.14. The molecule has 1 nitrogen and oxygen atoms in total. The van der Waals surface area contributed by atoms with Crippen molar-refractivity contribution in [2.45, 2.75) is 43.5 Å². The first-order chi connectivity index (χ1) is 8.79. The van der Waals surface area contributed by atoms with E-state index < -0.39 is 0 Å². The normalized spacial score (nSPS) is 23.4. The van der Waals surface area contributed by atoms with E-state index in [9.17, 15) is 0 Å². The third kappa shape index (κ3) is 4.29. The fourth-order valence-electron chi connectivity index (χ4n) is 2.77. The molecule has 2 unspecified atom stereocenters. The third-order valence-electron chi connectivity index (χ3n) is 3.70. The van der Waals surface area contributed by atoms with Gasteiger partial charge >= 0.3 is 0 Å². The van der Waals surface area contributed by atoms with Crippen LogP contribution in [0, 0.1) is 5.92 Å². The topological polar surface area (TPSA) is 12.0 Å². The van der Waals surface area contributed by atoms with Gasteiger partial charge in [0.15, 0.2) is 0 Å². The van der Waals surface area contributed by atoms with E-state index in [1.807, 2.05) is 11.8 Å². The minimum Gasteiger partial charge on any atom is -0.314 e. The molecule has 2 atom stereocenters. The van der Waals surface area contributed by atoms with Gasteiger partial charge in [0, 0.05) is 15.4 Å². The van der Waals surface area contributed by atoms with Gasteiger partial charge in [-0.05, 0) is 61.7 Å². The number of thioether (sulfide) groups is 1. The van der Waals surface area contributed by atoms with E-state index in [0.29, 0.717) is 0 Å². The van der Waals surface area contributed by atoms with Crippen molar-refractivity contribution in [3.05, 3.63) is 28.7 Å². The van der Waals surface area contributed by atoms with Crippen LogP contribution in [0.1, 0.15) is 32.6 Å². The zero-order valence-electron chi connectivity index (χ0n) is 11.0. The Balaban J connectivity index is 1.73. The van der Waals surface area contributed by atoms with Gasteiger partial charge in [-0.1, -0.05) is 29.3 Å². The van der Waals surface area contributed by atoms with E-state index in [4.69, 9.17) is 0 Å². The summed E-state index contributed by atoms with van der Waals surface area (Å²) in [5.41, 5.74) is 0. The molecule has 2 rings (SSSR count). The van der Waals surface area contributed by atoms with Crippen molar-refractivity contribution in [3.63, 3.8) is 0 Å².